The summed E-state index contributed by atoms with van der Waals surface area (Å²) < 4.78 is 1.94. The van der Waals surface area contributed by atoms with Crippen molar-refractivity contribution in [3.63, 3.8) is 0 Å². The van der Waals surface area contributed by atoms with Crippen LogP contribution in [0.1, 0.15) is 36.7 Å². The predicted molar refractivity (Wildman–Crippen MR) is 72.4 cm³/mol. The molecule has 0 aliphatic carbocycles. The van der Waals surface area contributed by atoms with E-state index < -0.39 is 0 Å². The van der Waals surface area contributed by atoms with Crippen LogP contribution >= 0.6 is 0 Å². The highest BCUT2D eigenvalue weighted by Crippen LogP contribution is 2.22. The molecule has 0 saturated heterocycles. The minimum atomic E-state index is 0.112. The SMILES string of the molecule is CCc1cccnc1C(NC)c1cnn(CC)c1. The zero-order valence-corrected chi connectivity index (χ0v) is 11.2. The molecule has 2 aromatic rings. The van der Waals surface area contributed by atoms with E-state index >= 15 is 0 Å². The molecule has 0 aromatic carbocycles. The van der Waals surface area contributed by atoms with Crippen molar-refractivity contribution >= 4 is 0 Å². The summed E-state index contributed by atoms with van der Waals surface area (Å²) in [5.74, 6) is 0. The molecule has 1 N–H and O–H groups in total. The largest absolute Gasteiger partial charge is 0.308 e. The van der Waals surface area contributed by atoms with Gasteiger partial charge >= 0.3 is 0 Å². The summed E-state index contributed by atoms with van der Waals surface area (Å²) in [7, 11) is 1.96. The van der Waals surface area contributed by atoms with E-state index in [0.717, 1.165) is 24.2 Å². The molecule has 2 rings (SSSR count). The lowest BCUT2D eigenvalue weighted by Gasteiger charge is -2.17. The maximum atomic E-state index is 4.53. The van der Waals surface area contributed by atoms with Gasteiger partial charge in [-0.1, -0.05) is 13.0 Å². The second-order valence-corrected chi connectivity index (χ2v) is 4.25. The Kier molecular flexibility index (Phi) is 4.10. The number of pyridine rings is 1. The molecule has 0 aliphatic rings. The summed E-state index contributed by atoms with van der Waals surface area (Å²) in [6.45, 7) is 5.13. The number of rotatable bonds is 5. The van der Waals surface area contributed by atoms with E-state index in [4.69, 9.17) is 0 Å². The van der Waals surface area contributed by atoms with Crippen molar-refractivity contribution in [2.75, 3.05) is 7.05 Å². The Morgan fingerprint density at radius 2 is 2.22 bits per heavy atom. The van der Waals surface area contributed by atoms with Crippen molar-refractivity contribution < 1.29 is 0 Å². The van der Waals surface area contributed by atoms with Gasteiger partial charge in [0.15, 0.2) is 0 Å². The Hall–Kier alpha value is -1.68. The smallest absolute Gasteiger partial charge is 0.0782 e. The fourth-order valence-corrected chi connectivity index (χ4v) is 2.17. The standard InChI is InChI=1S/C14H20N4/c1-4-11-7-6-8-16-14(11)13(15-3)12-9-17-18(5-2)10-12/h6-10,13,15H,4-5H2,1-3H3. The molecule has 0 bridgehead atoms. The van der Waals surface area contributed by atoms with Gasteiger partial charge in [0.1, 0.15) is 0 Å². The topological polar surface area (TPSA) is 42.7 Å². The number of hydrogen-bond acceptors (Lipinski definition) is 3. The average Bonchev–Trinajstić information content (AvgIpc) is 2.89. The summed E-state index contributed by atoms with van der Waals surface area (Å²) >= 11 is 0. The average molecular weight is 244 g/mol. The fraction of sp³-hybridized carbons (Fsp3) is 0.429. The molecule has 2 heterocycles. The van der Waals surface area contributed by atoms with Crippen LogP contribution in [0, 0.1) is 0 Å². The minimum absolute atomic E-state index is 0.112. The Balaban J connectivity index is 2.38. The van der Waals surface area contributed by atoms with Gasteiger partial charge in [-0.05, 0) is 32.0 Å². The predicted octanol–water partition coefficient (Wildman–Crippen LogP) is 2.17. The summed E-state index contributed by atoms with van der Waals surface area (Å²) in [5, 5.41) is 7.66. The third-order valence-electron chi connectivity index (χ3n) is 3.18. The number of aryl methyl sites for hydroxylation is 2. The van der Waals surface area contributed by atoms with Crippen LogP contribution in [0.25, 0.3) is 0 Å². The molecular weight excluding hydrogens is 224 g/mol. The lowest BCUT2D eigenvalue weighted by molar-refractivity contribution is 0.646. The summed E-state index contributed by atoms with van der Waals surface area (Å²) in [6, 6.07) is 4.24. The van der Waals surface area contributed by atoms with Crippen molar-refractivity contribution in [3.8, 4) is 0 Å². The van der Waals surface area contributed by atoms with Crippen LogP contribution in [0.5, 0.6) is 0 Å². The first-order valence-corrected chi connectivity index (χ1v) is 6.43. The van der Waals surface area contributed by atoms with Crippen LogP contribution in [-0.2, 0) is 13.0 Å². The molecule has 0 fully saturated rings. The van der Waals surface area contributed by atoms with E-state index in [-0.39, 0.29) is 6.04 Å². The van der Waals surface area contributed by atoms with Crippen molar-refractivity contribution in [2.45, 2.75) is 32.9 Å². The summed E-state index contributed by atoms with van der Waals surface area (Å²) in [5.41, 5.74) is 3.53. The summed E-state index contributed by atoms with van der Waals surface area (Å²) in [6.07, 6.45) is 6.83. The van der Waals surface area contributed by atoms with Crippen LogP contribution in [-0.4, -0.2) is 21.8 Å². The second kappa shape index (κ2) is 5.78. The Labute approximate surface area is 108 Å². The van der Waals surface area contributed by atoms with Gasteiger partial charge in [-0.25, -0.2) is 0 Å². The molecule has 1 unspecified atom stereocenters. The van der Waals surface area contributed by atoms with Crippen molar-refractivity contribution in [3.05, 3.63) is 47.5 Å². The number of aromatic nitrogens is 3. The van der Waals surface area contributed by atoms with Gasteiger partial charge in [-0.2, -0.15) is 5.10 Å². The molecule has 18 heavy (non-hydrogen) atoms. The quantitative estimate of drug-likeness (QED) is 0.876. The molecule has 0 spiro atoms. The van der Waals surface area contributed by atoms with Crippen LogP contribution < -0.4 is 5.32 Å². The number of nitrogens with one attached hydrogen (secondary N) is 1. The molecule has 1 atom stereocenters. The maximum Gasteiger partial charge on any atom is 0.0782 e. The monoisotopic (exact) mass is 244 g/mol. The van der Waals surface area contributed by atoms with Gasteiger partial charge in [-0.15, -0.1) is 0 Å². The van der Waals surface area contributed by atoms with Crippen LogP contribution in [0.3, 0.4) is 0 Å². The van der Waals surface area contributed by atoms with Gasteiger partial charge in [0.25, 0.3) is 0 Å². The lowest BCUT2D eigenvalue weighted by atomic mass is 10.0. The van der Waals surface area contributed by atoms with Crippen molar-refractivity contribution in [2.24, 2.45) is 0 Å². The van der Waals surface area contributed by atoms with E-state index in [1.807, 2.05) is 30.2 Å². The van der Waals surface area contributed by atoms with E-state index in [1.165, 1.54) is 5.56 Å². The first-order chi connectivity index (χ1) is 8.80. The third-order valence-corrected chi connectivity index (χ3v) is 3.18. The van der Waals surface area contributed by atoms with Gasteiger partial charge in [0, 0.05) is 24.5 Å². The highest BCUT2D eigenvalue weighted by molar-refractivity contribution is 5.30. The lowest BCUT2D eigenvalue weighted by Crippen LogP contribution is -2.20. The Morgan fingerprint density at radius 3 is 2.83 bits per heavy atom. The highest BCUT2D eigenvalue weighted by Gasteiger charge is 2.17. The maximum absolute atomic E-state index is 4.53. The Morgan fingerprint density at radius 1 is 1.39 bits per heavy atom. The fourth-order valence-electron chi connectivity index (χ4n) is 2.17. The Bertz CT molecular complexity index is 504. The van der Waals surface area contributed by atoms with Crippen LogP contribution in [0.2, 0.25) is 0 Å². The van der Waals surface area contributed by atoms with E-state index in [2.05, 4.69) is 41.5 Å². The van der Waals surface area contributed by atoms with Crippen LogP contribution in [0.15, 0.2) is 30.7 Å². The summed E-state index contributed by atoms with van der Waals surface area (Å²) in [4.78, 5) is 4.53. The normalized spacial score (nSPS) is 12.6. The molecule has 4 heteroatoms. The van der Waals surface area contributed by atoms with Gasteiger partial charge in [0.05, 0.1) is 17.9 Å². The first-order valence-electron chi connectivity index (χ1n) is 6.43. The van der Waals surface area contributed by atoms with E-state index in [9.17, 15) is 0 Å². The van der Waals surface area contributed by atoms with Crippen molar-refractivity contribution in [1.82, 2.24) is 20.1 Å². The van der Waals surface area contributed by atoms with Gasteiger partial charge in [0.2, 0.25) is 0 Å². The van der Waals surface area contributed by atoms with Crippen LogP contribution in [0.4, 0.5) is 0 Å². The van der Waals surface area contributed by atoms with Gasteiger partial charge < -0.3 is 5.32 Å². The molecule has 4 nitrogen and oxygen atoms in total. The third kappa shape index (κ3) is 2.43. The molecule has 2 aromatic heterocycles. The number of hydrogen-bond donors (Lipinski definition) is 1. The zero-order chi connectivity index (χ0) is 13.0. The minimum Gasteiger partial charge on any atom is -0.308 e. The first kappa shape index (κ1) is 12.8. The van der Waals surface area contributed by atoms with Gasteiger partial charge in [-0.3, -0.25) is 9.67 Å². The zero-order valence-electron chi connectivity index (χ0n) is 11.2. The number of nitrogens with zero attached hydrogens (tertiary/aromatic N) is 3. The molecule has 0 aliphatic heterocycles. The molecule has 96 valence electrons. The molecular formula is C14H20N4. The molecule has 0 radical (unpaired) electrons. The van der Waals surface area contributed by atoms with E-state index in [0.29, 0.717) is 0 Å². The van der Waals surface area contributed by atoms with Crippen molar-refractivity contribution in [1.29, 1.82) is 0 Å². The molecule has 0 amide bonds. The highest BCUT2D eigenvalue weighted by atomic mass is 15.3. The molecule has 0 saturated carbocycles. The van der Waals surface area contributed by atoms with E-state index in [1.54, 1.807) is 0 Å². The second-order valence-electron chi connectivity index (χ2n) is 4.25.